The van der Waals surface area contributed by atoms with Gasteiger partial charge >= 0.3 is 6.03 Å². The molecular formula is C17H27N3O. The molecule has 2 amide bonds. The van der Waals surface area contributed by atoms with Crippen LogP contribution in [-0.4, -0.2) is 30.6 Å². The second-order valence-corrected chi connectivity index (χ2v) is 5.78. The number of hydrogen-bond acceptors (Lipinski definition) is 2. The van der Waals surface area contributed by atoms with Gasteiger partial charge in [0, 0.05) is 24.8 Å². The van der Waals surface area contributed by atoms with Crippen molar-refractivity contribution < 1.29 is 4.79 Å². The molecule has 1 aliphatic heterocycles. The lowest BCUT2D eigenvalue weighted by Crippen LogP contribution is -2.38. The number of piperidine rings is 1. The number of likely N-dealkylation sites (tertiary alicyclic amines) is 1. The van der Waals surface area contributed by atoms with Gasteiger partial charge < -0.3 is 15.5 Å². The van der Waals surface area contributed by atoms with Crippen molar-refractivity contribution in [1.82, 2.24) is 10.2 Å². The summed E-state index contributed by atoms with van der Waals surface area (Å²) < 4.78 is 0. The number of urea groups is 1. The van der Waals surface area contributed by atoms with Gasteiger partial charge in [-0.25, -0.2) is 4.79 Å². The summed E-state index contributed by atoms with van der Waals surface area (Å²) in [7, 11) is 0. The Morgan fingerprint density at radius 1 is 1.29 bits per heavy atom. The first-order valence-corrected chi connectivity index (χ1v) is 8.10. The molecule has 4 nitrogen and oxygen atoms in total. The van der Waals surface area contributed by atoms with E-state index in [0.29, 0.717) is 6.04 Å². The van der Waals surface area contributed by atoms with E-state index in [-0.39, 0.29) is 6.03 Å². The molecule has 4 heteroatoms. The van der Waals surface area contributed by atoms with Crippen LogP contribution >= 0.6 is 0 Å². The lowest BCUT2D eigenvalue weighted by molar-refractivity contribution is 0.200. The zero-order valence-electron chi connectivity index (χ0n) is 13.2. The van der Waals surface area contributed by atoms with E-state index in [1.54, 1.807) is 0 Å². The highest BCUT2D eigenvalue weighted by atomic mass is 16.2. The molecule has 21 heavy (non-hydrogen) atoms. The van der Waals surface area contributed by atoms with Crippen molar-refractivity contribution in [3.05, 3.63) is 29.8 Å². The molecule has 1 saturated heterocycles. The molecule has 1 unspecified atom stereocenters. The summed E-state index contributed by atoms with van der Waals surface area (Å²) in [6, 6.07) is 8.46. The number of carbonyl (C=O) groups is 1. The molecule has 0 saturated carbocycles. The molecule has 0 aromatic heterocycles. The van der Waals surface area contributed by atoms with Crippen LogP contribution in [0.4, 0.5) is 10.5 Å². The molecule has 0 aliphatic carbocycles. The smallest absolute Gasteiger partial charge is 0.321 e. The monoisotopic (exact) mass is 289 g/mol. The summed E-state index contributed by atoms with van der Waals surface area (Å²) in [4.78, 5) is 14.1. The van der Waals surface area contributed by atoms with Gasteiger partial charge in [-0.2, -0.15) is 0 Å². The molecule has 2 N–H and O–H groups in total. The second kappa shape index (κ2) is 8.03. The van der Waals surface area contributed by atoms with Gasteiger partial charge in [-0.05, 0) is 56.8 Å². The fraction of sp³-hybridized carbons (Fsp3) is 0.588. The quantitative estimate of drug-likeness (QED) is 0.866. The number of hydrogen-bond donors (Lipinski definition) is 2. The third-order valence-electron chi connectivity index (χ3n) is 3.98. The maximum absolute atomic E-state index is 12.2. The van der Waals surface area contributed by atoms with E-state index < -0.39 is 0 Å². The Morgan fingerprint density at radius 3 is 2.76 bits per heavy atom. The molecule has 1 heterocycles. The van der Waals surface area contributed by atoms with Gasteiger partial charge in [-0.15, -0.1) is 0 Å². The van der Waals surface area contributed by atoms with E-state index >= 15 is 0 Å². The predicted molar refractivity (Wildman–Crippen MR) is 87.6 cm³/mol. The highest BCUT2D eigenvalue weighted by Gasteiger charge is 2.16. The SMILES string of the molecule is CCCNC(C)c1cccc(NC(=O)N2CCCCC2)c1. The van der Waals surface area contributed by atoms with Crippen LogP contribution < -0.4 is 10.6 Å². The average Bonchev–Trinajstić information content (AvgIpc) is 2.53. The lowest BCUT2D eigenvalue weighted by atomic mass is 10.1. The van der Waals surface area contributed by atoms with Crippen molar-refractivity contribution in [2.45, 2.75) is 45.6 Å². The topological polar surface area (TPSA) is 44.4 Å². The van der Waals surface area contributed by atoms with E-state index in [0.717, 1.165) is 44.6 Å². The van der Waals surface area contributed by atoms with Crippen molar-refractivity contribution >= 4 is 11.7 Å². The van der Waals surface area contributed by atoms with Crippen LogP contribution in [0.2, 0.25) is 0 Å². The first kappa shape index (κ1) is 15.8. The Kier molecular flexibility index (Phi) is 6.05. The van der Waals surface area contributed by atoms with Crippen molar-refractivity contribution in [3.63, 3.8) is 0 Å². The Balaban J connectivity index is 1.95. The van der Waals surface area contributed by atoms with Crippen LogP contribution in [0, 0.1) is 0 Å². The van der Waals surface area contributed by atoms with E-state index in [4.69, 9.17) is 0 Å². The predicted octanol–water partition coefficient (Wildman–Crippen LogP) is 3.77. The van der Waals surface area contributed by atoms with Crippen LogP contribution in [0.15, 0.2) is 24.3 Å². The van der Waals surface area contributed by atoms with Crippen LogP contribution in [-0.2, 0) is 0 Å². The summed E-state index contributed by atoms with van der Waals surface area (Å²) in [6.45, 7) is 7.07. The minimum absolute atomic E-state index is 0.0287. The van der Waals surface area contributed by atoms with E-state index in [1.807, 2.05) is 17.0 Å². The normalized spacial score (nSPS) is 16.6. The zero-order valence-corrected chi connectivity index (χ0v) is 13.2. The van der Waals surface area contributed by atoms with Crippen molar-refractivity contribution in [2.24, 2.45) is 0 Å². The highest BCUT2D eigenvalue weighted by Crippen LogP contribution is 2.18. The molecule has 1 atom stereocenters. The largest absolute Gasteiger partial charge is 0.325 e. The molecule has 116 valence electrons. The van der Waals surface area contributed by atoms with Gasteiger partial charge in [0.1, 0.15) is 0 Å². The molecule has 1 aromatic carbocycles. The zero-order chi connectivity index (χ0) is 15.1. The standard InChI is InChI=1S/C17H27N3O/c1-3-10-18-14(2)15-8-7-9-16(13-15)19-17(21)20-11-5-4-6-12-20/h7-9,13-14,18H,3-6,10-12H2,1-2H3,(H,19,21). The minimum Gasteiger partial charge on any atom is -0.325 e. The Bertz CT molecular complexity index is 455. The fourth-order valence-corrected chi connectivity index (χ4v) is 2.66. The van der Waals surface area contributed by atoms with Gasteiger partial charge in [-0.3, -0.25) is 0 Å². The molecule has 2 rings (SSSR count). The Morgan fingerprint density at radius 2 is 2.05 bits per heavy atom. The third-order valence-corrected chi connectivity index (χ3v) is 3.98. The number of nitrogens with zero attached hydrogens (tertiary/aromatic N) is 1. The van der Waals surface area contributed by atoms with Crippen molar-refractivity contribution in [3.8, 4) is 0 Å². The first-order valence-electron chi connectivity index (χ1n) is 8.10. The Hall–Kier alpha value is -1.55. The molecule has 1 aliphatic rings. The number of carbonyl (C=O) groups excluding carboxylic acids is 1. The summed E-state index contributed by atoms with van der Waals surface area (Å²) in [5.74, 6) is 0. The number of nitrogens with one attached hydrogen (secondary N) is 2. The molecule has 1 aromatic rings. The van der Waals surface area contributed by atoms with Gasteiger partial charge in [0.25, 0.3) is 0 Å². The van der Waals surface area contributed by atoms with E-state index in [9.17, 15) is 4.79 Å². The Labute approximate surface area is 127 Å². The maximum atomic E-state index is 12.2. The van der Waals surface area contributed by atoms with Crippen LogP contribution in [0.5, 0.6) is 0 Å². The summed E-state index contributed by atoms with van der Waals surface area (Å²) in [5, 5.41) is 6.49. The number of rotatable bonds is 5. The van der Waals surface area contributed by atoms with Gasteiger partial charge in [-0.1, -0.05) is 19.1 Å². The molecule has 0 radical (unpaired) electrons. The number of anilines is 1. The summed E-state index contributed by atoms with van der Waals surface area (Å²) in [6.07, 6.45) is 4.59. The highest BCUT2D eigenvalue weighted by molar-refractivity contribution is 5.89. The molecule has 1 fully saturated rings. The van der Waals surface area contributed by atoms with E-state index in [1.165, 1.54) is 12.0 Å². The average molecular weight is 289 g/mol. The van der Waals surface area contributed by atoms with Crippen molar-refractivity contribution in [2.75, 3.05) is 25.0 Å². The lowest BCUT2D eigenvalue weighted by Gasteiger charge is -2.27. The second-order valence-electron chi connectivity index (χ2n) is 5.78. The van der Waals surface area contributed by atoms with Crippen LogP contribution in [0.1, 0.15) is 51.1 Å². The summed E-state index contributed by atoms with van der Waals surface area (Å²) >= 11 is 0. The van der Waals surface area contributed by atoms with E-state index in [2.05, 4.69) is 36.6 Å². The molecule has 0 spiro atoms. The number of amides is 2. The fourth-order valence-electron chi connectivity index (χ4n) is 2.66. The molecule has 0 bridgehead atoms. The first-order chi connectivity index (χ1) is 10.2. The third kappa shape index (κ3) is 4.74. The maximum Gasteiger partial charge on any atom is 0.321 e. The summed E-state index contributed by atoms with van der Waals surface area (Å²) in [5.41, 5.74) is 2.09. The van der Waals surface area contributed by atoms with Gasteiger partial charge in [0.2, 0.25) is 0 Å². The van der Waals surface area contributed by atoms with Gasteiger partial charge in [0.15, 0.2) is 0 Å². The van der Waals surface area contributed by atoms with Crippen molar-refractivity contribution in [1.29, 1.82) is 0 Å². The van der Waals surface area contributed by atoms with Crippen LogP contribution in [0.25, 0.3) is 0 Å². The van der Waals surface area contributed by atoms with Gasteiger partial charge in [0.05, 0.1) is 0 Å². The van der Waals surface area contributed by atoms with Crippen LogP contribution in [0.3, 0.4) is 0 Å². The molecular weight excluding hydrogens is 262 g/mol. The number of benzene rings is 1. The minimum atomic E-state index is 0.0287.